The van der Waals surface area contributed by atoms with Crippen LogP contribution < -0.4 is 5.32 Å². The van der Waals surface area contributed by atoms with Crippen molar-refractivity contribution in [3.05, 3.63) is 50.4 Å². The first-order chi connectivity index (χ1) is 10.1. The van der Waals surface area contributed by atoms with E-state index in [0.717, 1.165) is 17.8 Å². The van der Waals surface area contributed by atoms with Crippen molar-refractivity contribution in [2.75, 3.05) is 7.05 Å². The number of halogens is 1. The number of hydrogen-bond donors (Lipinski definition) is 1. The van der Waals surface area contributed by atoms with Crippen molar-refractivity contribution in [2.24, 2.45) is 7.05 Å². The highest BCUT2D eigenvalue weighted by Gasteiger charge is 2.17. The Morgan fingerprint density at radius 3 is 2.76 bits per heavy atom. The van der Waals surface area contributed by atoms with Gasteiger partial charge in [-0.2, -0.15) is 0 Å². The molecule has 3 rings (SSSR count). The van der Waals surface area contributed by atoms with Crippen molar-refractivity contribution in [2.45, 2.75) is 19.4 Å². The standard InChI is InChI=1S/C16H18BrN3S/c1-10-8-14(21-16(10)17)12(18-2)9-15-19-11-6-4-5-7-13(11)20(15)3/h4-8,12,18H,9H2,1-3H3. The topological polar surface area (TPSA) is 29.9 Å². The fraction of sp³-hybridized carbons (Fsp3) is 0.312. The summed E-state index contributed by atoms with van der Waals surface area (Å²) in [7, 11) is 4.10. The van der Waals surface area contributed by atoms with E-state index in [1.54, 1.807) is 11.3 Å². The fourth-order valence-electron chi connectivity index (χ4n) is 2.56. The minimum absolute atomic E-state index is 0.288. The molecular weight excluding hydrogens is 346 g/mol. The maximum atomic E-state index is 4.77. The number of aryl methyl sites for hydroxylation is 2. The highest BCUT2D eigenvalue weighted by atomic mass is 79.9. The van der Waals surface area contributed by atoms with Gasteiger partial charge < -0.3 is 9.88 Å². The van der Waals surface area contributed by atoms with Gasteiger partial charge in [0.05, 0.1) is 14.8 Å². The highest BCUT2D eigenvalue weighted by Crippen LogP contribution is 2.32. The van der Waals surface area contributed by atoms with Crippen LogP contribution in [0.2, 0.25) is 0 Å². The van der Waals surface area contributed by atoms with E-state index in [2.05, 4.69) is 64.1 Å². The number of imidazole rings is 1. The van der Waals surface area contributed by atoms with Crippen molar-refractivity contribution in [3.63, 3.8) is 0 Å². The summed E-state index contributed by atoms with van der Waals surface area (Å²) in [6.07, 6.45) is 0.883. The molecule has 0 saturated carbocycles. The number of aromatic nitrogens is 2. The second-order valence-corrected chi connectivity index (χ2v) is 7.63. The SMILES string of the molecule is CNC(Cc1nc2ccccc2n1C)c1cc(C)c(Br)s1. The number of thiophene rings is 1. The molecule has 0 saturated heterocycles. The minimum Gasteiger partial charge on any atom is -0.331 e. The number of rotatable bonds is 4. The molecular formula is C16H18BrN3S. The van der Waals surface area contributed by atoms with E-state index >= 15 is 0 Å². The molecule has 0 radical (unpaired) electrons. The van der Waals surface area contributed by atoms with Crippen molar-refractivity contribution in [3.8, 4) is 0 Å². The molecule has 21 heavy (non-hydrogen) atoms. The third kappa shape index (κ3) is 2.78. The third-order valence-corrected chi connectivity index (χ3v) is 6.08. The Morgan fingerprint density at radius 1 is 1.38 bits per heavy atom. The Hall–Kier alpha value is -1.17. The molecule has 0 amide bonds. The molecule has 2 heterocycles. The van der Waals surface area contributed by atoms with E-state index in [1.165, 1.54) is 19.7 Å². The first kappa shape index (κ1) is 14.8. The normalized spacial score (nSPS) is 13.0. The van der Waals surface area contributed by atoms with Crippen LogP contribution in [0.3, 0.4) is 0 Å². The van der Waals surface area contributed by atoms with Gasteiger partial charge in [0.25, 0.3) is 0 Å². The number of likely N-dealkylation sites (N-methyl/N-ethyl adjacent to an activating group) is 1. The molecule has 0 aliphatic rings. The van der Waals surface area contributed by atoms with E-state index in [-0.39, 0.29) is 6.04 Å². The van der Waals surface area contributed by atoms with Crippen molar-refractivity contribution in [1.82, 2.24) is 14.9 Å². The summed E-state index contributed by atoms with van der Waals surface area (Å²) < 4.78 is 3.40. The molecule has 3 nitrogen and oxygen atoms in total. The van der Waals surface area contributed by atoms with Crippen molar-refractivity contribution in [1.29, 1.82) is 0 Å². The average Bonchev–Trinajstić information content (AvgIpc) is 2.98. The van der Waals surface area contributed by atoms with E-state index in [0.29, 0.717) is 0 Å². The molecule has 0 aliphatic heterocycles. The van der Waals surface area contributed by atoms with Gasteiger partial charge in [0.15, 0.2) is 0 Å². The average molecular weight is 364 g/mol. The number of nitrogens with one attached hydrogen (secondary N) is 1. The fourth-order valence-corrected chi connectivity index (χ4v) is 4.24. The second-order valence-electron chi connectivity index (χ2n) is 5.23. The van der Waals surface area contributed by atoms with Gasteiger partial charge in [0.1, 0.15) is 5.82 Å². The van der Waals surface area contributed by atoms with Gasteiger partial charge in [-0.3, -0.25) is 0 Å². The van der Waals surface area contributed by atoms with Gasteiger partial charge in [0.2, 0.25) is 0 Å². The van der Waals surface area contributed by atoms with Crippen LogP contribution in [0.4, 0.5) is 0 Å². The maximum Gasteiger partial charge on any atom is 0.111 e. The van der Waals surface area contributed by atoms with Gasteiger partial charge in [-0.1, -0.05) is 12.1 Å². The molecule has 0 fully saturated rings. The first-order valence-electron chi connectivity index (χ1n) is 6.93. The second kappa shape index (κ2) is 5.91. The van der Waals surface area contributed by atoms with E-state index in [4.69, 9.17) is 4.98 Å². The number of benzene rings is 1. The van der Waals surface area contributed by atoms with E-state index in [1.807, 2.05) is 13.1 Å². The lowest BCUT2D eigenvalue weighted by Crippen LogP contribution is -2.19. The van der Waals surface area contributed by atoms with Crippen LogP contribution in [0.15, 0.2) is 34.1 Å². The number of nitrogens with zero attached hydrogens (tertiary/aromatic N) is 2. The van der Waals surface area contributed by atoms with Crippen LogP contribution in [0, 0.1) is 6.92 Å². The third-order valence-electron chi connectivity index (χ3n) is 3.83. The molecule has 1 aromatic carbocycles. The van der Waals surface area contributed by atoms with Crippen LogP contribution in [-0.4, -0.2) is 16.6 Å². The zero-order valence-electron chi connectivity index (χ0n) is 12.4. The van der Waals surface area contributed by atoms with Gasteiger partial charge in [-0.15, -0.1) is 11.3 Å². The largest absolute Gasteiger partial charge is 0.331 e. The van der Waals surface area contributed by atoms with Crippen molar-refractivity contribution >= 4 is 38.3 Å². The first-order valence-corrected chi connectivity index (χ1v) is 8.54. The van der Waals surface area contributed by atoms with Gasteiger partial charge >= 0.3 is 0 Å². The summed E-state index contributed by atoms with van der Waals surface area (Å²) in [5, 5.41) is 3.42. The van der Waals surface area contributed by atoms with E-state index < -0.39 is 0 Å². The zero-order valence-corrected chi connectivity index (χ0v) is 14.8. The predicted octanol–water partition coefficient (Wildman–Crippen LogP) is 4.21. The van der Waals surface area contributed by atoms with Crippen LogP contribution >= 0.6 is 27.3 Å². The summed E-state index contributed by atoms with van der Waals surface area (Å²) in [5.41, 5.74) is 3.54. The summed E-state index contributed by atoms with van der Waals surface area (Å²) in [4.78, 5) is 6.11. The summed E-state index contributed by atoms with van der Waals surface area (Å²) in [5.74, 6) is 1.11. The molecule has 1 atom stereocenters. The number of para-hydroxylation sites is 2. The van der Waals surface area contributed by atoms with Gasteiger partial charge in [-0.05, 0) is 53.7 Å². The van der Waals surface area contributed by atoms with Gasteiger partial charge in [-0.25, -0.2) is 4.98 Å². The number of fused-ring (bicyclic) bond motifs is 1. The molecule has 3 aromatic rings. The Balaban J connectivity index is 1.94. The predicted molar refractivity (Wildman–Crippen MR) is 93.0 cm³/mol. The maximum absolute atomic E-state index is 4.77. The van der Waals surface area contributed by atoms with Crippen molar-refractivity contribution < 1.29 is 0 Å². The summed E-state index contributed by atoms with van der Waals surface area (Å²) in [6.45, 7) is 2.13. The Labute approximate surface area is 137 Å². The zero-order chi connectivity index (χ0) is 15.0. The smallest absolute Gasteiger partial charge is 0.111 e. The Morgan fingerprint density at radius 2 is 2.14 bits per heavy atom. The molecule has 0 bridgehead atoms. The summed E-state index contributed by atoms with van der Waals surface area (Å²) in [6, 6.07) is 10.8. The lowest BCUT2D eigenvalue weighted by atomic mass is 10.1. The van der Waals surface area contributed by atoms with Crippen LogP contribution in [0.25, 0.3) is 11.0 Å². The Bertz CT molecular complexity index is 756. The van der Waals surface area contributed by atoms with E-state index in [9.17, 15) is 0 Å². The van der Waals surface area contributed by atoms with Crippen LogP contribution in [0.1, 0.15) is 22.3 Å². The molecule has 1 N–H and O–H groups in total. The molecule has 1 unspecified atom stereocenters. The Kier molecular flexibility index (Phi) is 4.15. The monoisotopic (exact) mass is 363 g/mol. The molecule has 0 aliphatic carbocycles. The molecule has 2 aromatic heterocycles. The lowest BCUT2D eigenvalue weighted by Gasteiger charge is -2.14. The summed E-state index contributed by atoms with van der Waals surface area (Å²) >= 11 is 5.41. The molecule has 5 heteroatoms. The number of hydrogen-bond acceptors (Lipinski definition) is 3. The molecule has 110 valence electrons. The highest BCUT2D eigenvalue weighted by molar-refractivity contribution is 9.11. The minimum atomic E-state index is 0.288. The van der Waals surface area contributed by atoms with Crippen LogP contribution in [-0.2, 0) is 13.5 Å². The quantitative estimate of drug-likeness (QED) is 0.752. The molecule has 0 spiro atoms. The lowest BCUT2D eigenvalue weighted by molar-refractivity contribution is 0.574. The van der Waals surface area contributed by atoms with Gasteiger partial charge in [0, 0.05) is 24.4 Å². The van der Waals surface area contributed by atoms with Crippen LogP contribution in [0.5, 0.6) is 0 Å².